The normalized spacial score (nSPS) is 24.6. The minimum Gasteiger partial charge on any atom is -0.369 e. The van der Waals surface area contributed by atoms with Gasteiger partial charge in [-0.25, -0.2) is 8.78 Å². The van der Waals surface area contributed by atoms with Gasteiger partial charge in [-0.1, -0.05) is 54.6 Å². The molecule has 2 aliphatic rings. The van der Waals surface area contributed by atoms with E-state index in [2.05, 4.69) is 42.3 Å². The molecule has 5 rings (SSSR count). The van der Waals surface area contributed by atoms with Gasteiger partial charge in [0.25, 0.3) is 0 Å². The summed E-state index contributed by atoms with van der Waals surface area (Å²) in [6.45, 7) is 0.608. The molecule has 4 heteroatoms. The molecule has 0 N–H and O–H groups in total. The van der Waals surface area contributed by atoms with Crippen LogP contribution >= 0.6 is 0 Å². The summed E-state index contributed by atoms with van der Waals surface area (Å²) in [7, 11) is 2.30. The van der Waals surface area contributed by atoms with Crippen molar-refractivity contribution in [1.82, 2.24) is 4.90 Å². The molecule has 0 radical (unpaired) electrons. The second-order valence-corrected chi connectivity index (χ2v) is 9.88. The van der Waals surface area contributed by atoms with E-state index in [1.165, 1.54) is 49.1 Å². The van der Waals surface area contributed by atoms with E-state index in [1.807, 2.05) is 0 Å². The van der Waals surface area contributed by atoms with Crippen LogP contribution in [0.1, 0.15) is 60.8 Å². The van der Waals surface area contributed by atoms with E-state index < -0.39 is 0 Å². The lowest BCUT2D eigenvalue weighted by Gasteiger charge is -2.43. The van der Waals surface area contributed by atoms with Gasteiger partial charge in [0.15, 0.2) is 0 Å². The number of fused-ring (bicyclic) bond motifs is 2. The first kappa shape index (κ1) is 23.2. The molecule has 34 heavy (non-hydrogen) atoms. The molecule has 0 amide bonds. The molecule has 178 valence electrons. The van der Waals surface area contributed by atoms with E-state index in [-0.39, 0.29) is 17.7 Å². The predicted molar refractivity (Wildman–Crippen MR) is 132 cm³/mol. The van der Waals surface area contributed by atoms with Gasteiger partial charge in [0, 0.05) is 18.7 Å². The van der Waals surface area contributed by atoms with Gasteiger partial charge in [-0.3, -0.25) is 0 Å². The maximum Gasteiger partial charge on any atom is 0.123 e. The standard InChI is InChI=1S/C30H33F2NO/c1-33-26-17-18-29(33)27(28(20-26)21-6-3-2-4-7-21)8-5-19-34-30(22-9-13-24(31)14-10-22)23-11-15-25(32)16-12-23/h2-4,6-7,9-16,26-30H,5,8,17-20H2,1H3/t26-,27-,28+,29+/m0/s1. The Balaban J connectivity index is 1.28. The van der Waals surface area contributed by atoms with Crippen molar-refractivity contribution in [2.24, 2.45) is 5.92 Å². The minimum atomic E-state index is -0.337. The van der Waals surface area contributed by atoms with Gasteiger partial charge in [-0.15, -0.1) is 0 Å². The zero-order chi connectivity index (χ0) is 23.5. The van der Waals surface area contributed by atoms with E-state index in [0.29, 0.717) is 30.5 Å². The number of halogens is 2. The SMILES string of the molecule is CN1[C@H]2CC[C@@H]1[C@@H](CCCOC(c1ccc(F)cc1)c1ccc(F)cc1)[C@@H](c1ccccc1)C2. The highest BCUT2D eigenvalue weighted by Gasteiger charge is 2.45. The first-order chi connectivity index (χ1) is 16.6. The molecule has 4 atom stereocenters. The molecule has 2 heterocycles. The Morgan fingerprint density at radius 1 is 0.853 bits per heavy atom. The molecule has 0 saturated carbocycles. The number of benzene rings is 3. The molecule has 2 nitrogen and oxygen atoms in total. The quantitative estimate of drug-likeness (QED) is 0.331. The fourth-order valence-electron chi connectivity index (χ4n) is 6.23. The molecule has 2 fully saturated rings. The van der Waals surface area contributed by atoms with Crippen molar-refractivity contribution >= 4 is 0 Å². The highest BCUT2D eigenvalue weighted by atomic mass is 19.1. The second-order valence-electron chi connectivity index (χ2n) is 9.88. The van der Waals surface area contributed by atoms with E-state index in [4.69, 9.17) is 4.74 Å². The lowest BCUT2D eigenvalue weighted by Crippen LogP contribution is -2.45. The van der Waals surface area contributed by atoms with Crippen LogP contribution in [0.25, 0.3) is 0 Å². The Bertz CT molecular complexity index is 1010. The van der Waals surface area contributed by atoms with Crippen LogP contribution in [0.5, 0.6) is 0 Å². The maximum atomic E-state index is 13.5. The van der Waals surface area contributed by atoms with Crippen LogP contribution in [0.3, 0.4) is 0 Å². The fourth-order valence-corrected chi connectivity index (χ4v) is 6.23. The number of hydrogen-bond acceptors (Lipinski definition) is 2. The van der Waals surface area contributed by atoms with E-state index >= 15 is 0 Å². The van der Waals surface area contributed by atoms with Gasteiger partial charge in [-0.2, -0.15) is 0 Å². The monoisotopic (exact) mass is 461 g/mol. The maximum absolute atomic E-state index is 13.5. The zero-order valence-corrected chi connectivity index (χ0v) is 19.7. The topological polar surface area (TPSA) is 12.5 Å². The average molecular weight is 462 g/mol. The van der Waals surface area contributed by atoms with Crippen molar-refractivity contribution in [3.63, 3.8) is 0 Å². The van der Waals surface area contributed by atoms with Crippen molar-refractivity contribution in [2.75, 3.05) is 13.7 Å². The summed E-state index contributed by atoms with van der Waals surface area (Å²) in [6.07, 6.45) is 5.55. The summed E-state index contributed by atoms with van der Waals surface area (Å²) in [6, 6.07) is 25.1. The van der Waals surface area contributed by atoms with Gasteiger partial charge in [0.1, 0.15) is 17.7 Å². The molecule has 0 aromatic heterocycles. The lowest BCUT2D eigenvalue weighted by atomic mass is 9.74. The molecule has 2 aliphatic heterocycles. The van der Waals surface area contributed by atoms with Gasteiger partial charge in [0.2, 0.25) is 0 Å². The van der Waals surface area contributed by atoms with Crippen LogP contribution in [0.4, 0.5) is 8.78 Å². The predicted octanol–water partition coefficient (Wildman–Crippen LogP) is 7.12. The molecule has 3 aromatic rings. The number of ether oxygens (including phenoxy) is 1. The number of piperidine rings is 1. The third-order valence-corrected chi connectivity index (χ3v) is 7.97. The molecule has 2 saturated heterocycles. The highest BCUT2D eigenvalue weighted by molar-refractivity contribution is 5.30. The van der Waals surface area contributed by atoms with Crippen molar-refractivity contribution < 1.29 is 13.5 Å². The number of nitrogens with zero attached hydrogens (tertiary/aromatic N) is 1. The molecular weight excluding hydrogens is 428 g/mol. The molecule has 2 bridgehead atoms. The smallest absolute Gasteiger partial charge is 0.123 e. The summed E-state index contributed by atoms with van der Waals surface area (Å²) in [4.78, 5) is 2.62. The molecule has 0 unspecified atom stereocenters. The first-order valence-electron chi connectivity index (χ1n) is 12.5. The Morgan fingerprint density at radius 3 is 2.09 bits per heavy atom. The summed E-state index contributed by atoms with van der Waals surface area (Å²) in [5, 5.41) is 0. The van der Waals surface area contributed by atoms with Crippen molar-refractivity contribution in [3.8, 4) is 0 Å². The van der Waals surface area contributed by atoms with Gasteiger partial charge in [-0.05, 0) is 91.9 Å². The van der Waals surface area contributed by atoms with Crippen molar-refractivity contribution in [3.05, 3.63) is 107 Å². The van der Waals surface area contributed by atoms with Crippen LogP contribution in [-0.2, 0) is 4.74 Å². The van der Waals surface area contributed by atoms with Crippen LogP contribution < -0.4 is 0 Å². The summed E-state index contributed by atoms with van der Waals surface area (Å²) in [5.74, 6) is 0.666. The summed E-state index contributed by atoms with van der Waals surface area (Å²) < 4.78 is 33.4. The van der Waals surface area contributed by atoms with Crippen LogP contribution in [0.2, 0.25) is 0 Å². The number of hydrogen-bond donors (Lipinski definition) is 0. The first-order valence-corrected chi connectivity index (χ1v) is 12.5. The van der Waals surface area contributed by atoms with Crippen molar-refractivity contribution in [2.45, 2.75) is 56.2 Å². The third kappa shape index (κ3) is 4.94. The second kappa shape index (κ2) is 10.4. The molecular formula is C30H33F2NO. The summed E-state index contributed by atoms with van der Waals surface area (Å²) >= 11 is 0. The van der Waals surface area contributed by atoms with E-state index in [1.54, 1.807) is 24.3 Å². The summed E-state index contributed by atoms with van der Waals surface area (Å²) in [5.41, 5.74) is 3.23. The fraction of sp³-hybridized carbons (Fsp3) is 0.400. The molecule has 3 aromatic carbocycles. The van der Waals surface area contributed by atoms with Gasteiger partial charge >= 0.3 is 0 Å². The third-order valence-electron chi connectivity index (χ3n) is 7.97. The average Bonchev–Trinajstić information content (AvgIpc) is 3.10. The van der Waals surface area contributed by atoms with E-state index in [0.717, 1.165) is 24.0 Å². The highest BCUT2D eigenvalue weighted by Crippen LogP contribution is 2.47. The Kier molecular flexibility index (Phi) is 7.07. The van der Waals surface area contributed by atoms with E-state index in [9.17, 15) is 8.78 Å². The Labute approximate surface area is 201 Å². The minimum absolute atomic E-state index is 0.273. The molecule has 0 spiro atoms. The largest absolute Gasteiger partial charge is 0.369 e. The van der Waals surface area contributed by atoms with Crippen LogP contribution in [-0.4, -0.2) is 30.6 Å². The van der Waals surface area contributed by atoms with Gasteiger partial charge < -0.3 is 9.64 Å². The lowest BCUT2D eigenvalue weighted by molar-refractivity contribution is 0.0576. The Morgan fingerprint density at radius 2 is 1.47 bits per heavy atom. The zero-order valence-electron chi connectivity index (χ0n) is 19.7. The van der Waals surface area contributed by atoms with Crippen LogP contribution in [0, 0.1) is 17.6 Å². The molecule has 0 aliphatic carbocycles. The number of rotatable bonds is 8. The van der Waals surface area contributed by atoms with Gasteiger partial charge in [0.05, 0.1) is 0 Å². The van der Waals surface area contributed by atoms with Crippen molar-refractivity contribution in [1.29, 1.82) is 0 Å². The Hall–Kier alpha value is -2.56. The van der Waals surface area contributed by atoms with Crippen LogP contribution in [0.15, 0.2) is 78.9 Å².